The van der Waals surface area contributed by atoms with Crippen molar-refractivity contribution >= 4 is 0 Å². The Kier molecular flexibility index (Phi) is 184. The highest BCUT2D eigenvalue weighted by Crippen LogP contribution is 1.85. The quantitative estimate of drug-likeness (QED) is 0.178. The van der Waals surface area contributed by atoms with Gasteiger partial charge < -0.3 is 14.8 Å². The molecule has 0 aliphatic heterocycles. The number of hydrogen-bond acceptors (Lipinski definition) is 4. The van der Waals surface area contributed by atoms with E-state index >= 15 is 0 Å². The van der Waals surface area contributed by atoms with Gasteiger partial charge in [-0.15, -0.1) is 0 Å². The van der Waals surface area contributed by atoms with Gasteiger partial charge in [0.05, 0.1) is 19.6 Å². The maximum absolute atomic E-state index is 5.13. The second-order valence-corrected chi connectivity index (χ2v) is 3.56. The summed E-state index contributed by atoms with van der Waals surface area (Å²) >= 11 is 0. The highest BCUT2D eigenvalue weighted by atomic mass is 16.5. The molecule has 0 aromatic carbocycles. The van der Waals surface area contributed by atoms with E-state index in [0.717, 1.165) is 32.6 Å². The number of allylic oxidation sites excluding steroid dienone is 2. The van der Waals surface area contributed by atoms with Crippen LogP contribution >= 0.6 is 0 Å². The minimum Gasteiger partial charge on any atom is -0.501 e. The van der Waals surface area contributed by atoms with Gasteiger partial charge in [-0.25, -0.2) is 0 Å². The maximum atomic E-state index is 5.13. The molecule has 26 heavy (non-hydrogen) atoms. The SMILES string of the molecule is C.C.C.C.C.C.C.C.CC=CCCOC=CC.CNCCCOCNC. The lowest BCUT2D eigenvalue weighted by molar-refractivity contribution is 0.120. The Hall–Kier alpha value is -0.840. The predicted molar refractivity (Wildman–Crippen MR) is 132 cm³/mol. The predicted octanol–water partition coefficient (Wildman–Crippen LogP) is 7.38. The number of ether oxygens (including phenoxy) is 2. The van der Waals surface area contributed by atoms with E-state index in [1.807, 2.05) is 40.1 Å². The van der Waals surface area contributed by atoms with Gasteiger partial charge >= 0.3 is 0 Å². The third kappa shape index (κ3) is 91.3. The van der Waals surface area contributed by atoms with Gasteiger partial charge in [0.25, 0.3) is 0 Å². The zero-order valence-electron chi connectivity index (χ0n) is 12.4. The highest BCUT2D eigenvalue weighted by molar-refractivity contribution is 4.76. The summed E-state index contributed by atoms with van der Waals surface area (Å²) in [5.41, 5.74) is 0. The number of hydrogen-bond donors (Lipinski definition) is 2. The molecule has 0 rings (SSSR count). The Labute approximate surface area is 171 Å². The molecule has 0 amide bonds. The van der Waals surface area contributed by atoms with Crippen molar-refractivity contribution in [3.8, 4) is 0 Å². The van der Waals surface area contributed by atoms with E-state index in [1.54, 1.807) is 6.26 Å². The van der Waals surface area contributed by atoms with Gasteiger partial charge in [-0.05, 0) is 47.3 Å². The molecule has 0 atom stereocenters. The fourth-order valence-corrected chi connectivity index (χ4v) is 0.992. The molecule has 4 nitrogen and oxygen atoms in total. The first-order valence-electron chi connectivity index (χ1n) is 6.54. The van der Waals surface area contributed by atoms with E-state index in [-0.39, 0.29) is 59.4 Å². The average Bonchev–Trinajstić information content (AvgIpc) is 2.39. The normalized spacial score (nSPS) is 7.38. The van der Waals surface area contributed by atoms with Crippen LogP contribution in [-0.2, 0) is 9.47 Å². The van der Waals surface area contributed by atoms with E-state index in [2.05, 4.69) is 16.7 Å². The molecule has 0 aliphatic carbocycles. The maximum Gasteiger partial charge on any atom is 0.0962 e. The van der Waals surface area contributed by atoms with Crippen LogP contribution in [0.5, 0.6) is 0 Å². The van der Waals surface area contributed by atoms with Crippen LogP contribution in [0.1, 0.15) is 86.1 Å². The molecular formula is C22H62N2O2. The Morgan fingerprint density at radius 3 is 1.65 bits per heavy atom. The molecule has 0 aliphatic rings. The Morgan fingerprint density at radius 1 is 0.731 bits per heavy atom. The minimum absolute atomic E-state index is 0. The molecule has 0 aromatic rings. The summed E-state index contributed by atoms with van der Waals surface area (Å²) in [5.74, 6) is 0. The lowest BCUT2D eigenvalue weighted by Crippen LogP contribution is -2.15. The van der Waals surface area contributed by atoms with Crippen molar-refractivity contribution < 1.29 is 9.47 Å². The number of nitrogens with one attached hydrogen (secondary N) is 2. The first-order valence-corrected chi connectivity index (χ1v) is 6.54. The zero-order chi connectivity index (χ0) is 13.9. The molecule has 0 saturated carbocycles. The summed E-state index contributed by atoms with van der Waals surface area (Å²) < 4.78 is 10.2. The smallest absolute Gasteiger partial charge is 0.0962 e. The fraction of sp³-hybridized carbons (Fsp3) is 0.818. The van der Waals surface area contributed by atoms with Crippen molar-refractivity contribution in [2.45, 2.75) is 86.1 Å². The average molecular weight is 387 g/mol. The Morgan fingerprint density at radius 2 is 1.27 bits per heavy atom. The molecule has 4 heteroatoms. The highest BCUT2D eigenvalue weighted by Gasteiger charge is 1.83. The fourth-order valence-electron chi connectivity index (χ4n) is 0.992. The third-order valence-electron chi connectivity index (χ3n) is 1.83. The summed E-state index contributed by atoms with van der Waals surface area (Å²) in [6, 6.07) is 0. The van der Waals surface area contributed by atoms with E-state index < -0.39 is 0 Å². The van der Waals surface area contributed by atoms with Gasteiger partial charge in [0, 0.05) is 6.61 Å². The third-order valence-corrected chi connectivity index (χ3v) is 1.83. The van der Waals surface area contributed by atoms with Crippen LogP contribution in [0.3, 0.4) is 0 Å². The molecular weight excluding hydrogens is 324 g/mol. The molecule has 0 spiro atoms. The second-order valence-electron chi connectivity index (χ2n) is 3.56. The van der Waals surface area contributed by atoms with Crippen molar-refractivity contribution in [3.63, 3.8) is 0 Å². The molecule has 0 heterocycles. The summed E-state index contributed by atoms with van der Waals surface area (Å²) in [5, 5.41) is 5.95. The van der Waals surface area contributed by atoms with Crippen LogP contribution in [0.2, 0.25) is 0 Å². The molecule has 2 N–H and O–H groups in total. The van der Waals surface area contributed by atoms with Gasteiger partial charge in [-0.3, -0.25) is 5.32 Å². The second kappa shape index (κ2) is 74.8. The zero-order valence-corrected chi connectivity index (χ0v) is 12.4. The van der Waals surface area contributed by atoms with Gasteiger partial charge in [0.15, 0.2) is 0 Å². The monoisotopic (exact) mass is 386 g/mol. The molecule has 0 bridgehead atoms. The minimum atomic E-state index is 0. The summed E-state index contributed by atoms with van der Waals surface area (Å²) in [7, 11) is 3.82. The molecule has 0 aromatic heterocycles. The summed E-state index contributed by atoms with van der Waals surface area (Å²) in [4.78, 5) is 0. The Bertz CT molecular complexity index is 167. The van der Waals surface area contributed by atoms with Crippen molar-refractivity contribution in [1.29, 1.82) is 0 Å². The van der Waals surface area contributed by atoms with Gasteiger partial charge in [0.1, 0.15) is 0 Å². The van der Waals surface area contributed by atoms with Crippen LogP contribution < -0.4 is 10.6 Å². The summed E-state index contributed by atoms with van der Waals surface area (Å²) in [6.07, 6.45) is 9.79. The number of rotatable bonds is 10. The van der Waals surface area contributed by atoms with Crippen LogP contribution in [0.25, 0.3) is 0 Å². The van der Waals surface area contributed by atoms with Crippen molar-refractivity contribution in [1.82, 2.24) is 10.6 Å². The first-order chi connectivity index (χ1) is 8.83. The van der Waals surface area contributed by atoms with Crippen LogP contribution in [0.15, 0.2) is 24.5 Å². The van der Waals surface area contributed by atoms with Crippen LogP contribution in [0, 0.1) is 0 Å². The lowest BCUT2D eigenvalue weighted by Gasteiger charge is -2.01. The van der Waals surface area contributed by atoms with Gasteiger partial charge in [0.2, 0.25) is 0 Å². The van der Waals surface area contributed by atoms with Crippen molar-refractivity contribution in [2.75, 3.05) is 40.6 Å². The van der Waals surface area contributed by atoms with E-state index in [9.17, 15) is 0 Å². The lowest BCUT2D eigenvalue weighted by atomic mass is 10.4. The molecule has 0 unspecified atom stereocenters. The summed E-state index contributed by atoms with van der Waals surface area (Å²) in [6.45, 7) is 7.26. The van der Waals surface area contributed by atoms with Crippen LogP contribution in [0.4, 0.5) is 0 Å². The molecule has 172 valence electrons. The van der Waals surface area contributed by atoms with E-state index in [1.165, 1.54) is 0 Å². The molecule has 0 fully saturated rings. The standard InChI is InChI=1S/C8H14O.C6H16N2O.8CH4/c1-3-5-6-8-9-7-4-2;1-7-4-3-5-9-6-8-2;;;;;;;;/h3-5,7H,6,8H2,1-2H3;7-8H,3-6H2,1-2H3;8*1H4. The van der Waals surface area contributed by atoms with Gasteiger partial charge in [-0.1, -0.05) is 77.6 Å². The molecule has 0 saturated heterocycles. The Balaban J connectivity index is -0.0000000188. The van der Waals surface area contributed by atoms with Crippen molar-refractivity contribution in [2.24, 2.45) is 0 Å². The van der Waals surface area contributed by atoms with E-state index in [4.69, 9.17) is 9.47 Å². The van der Waals surface area contributed by atoms with E-state index in [0.29, 0.717) is 6.73 Å². The topological polar surface area (TPSA) is 42.5 Å². The first kappa shape index (κ1) is 63.9. The van der Waals surface area contributed by atoms with Gasteiger partial charge in [-0.2, -0.15) is 0 Å². The molecule has 0 radical (unpaired) electrons. The largest absolute Gasteiger partial charge is 0.501 e. The van der Waals surface area contributed by atoms with Crippen molar-refractivity contribution in [3.05, 3.63) is 24.5 Å². The van der Waals surface area contributed by atoms with Crippen LogP contribution in [-0.4, -0.2) is 40.6 Å².